The molecule has 0 spiro atoms. The van der Waals surface area contributed by atoms with Gasteiger partial charge in [0.1, 0.15) is 11.2 Å². The van der Waals surface area contributed by atoms with E-state index in [9.17, 15) is 0 Å². The van der Waals surface area contributed by atoms with Crippen molar-refractivity contribution in [2.24, 2.45) is 0 Å². The highest BCUT2D eigenvalue weighted by molar-refractivity contribution is 6.13. The number of rotatable bonds is 7. The zero-order valence-corrected chi connectivity index (χ0v) is 29.3. The van der Waals surface area contributed by atoms with Crippen molar-refractivity contribution < 1.29 is 4.42 Å². The molecule has 0 aliphatic rings. The third-order valence-electron chi connectivity index (χ3n) is 10.1. The van der Waals surface area contributed by atoms with E-state index in [4.69, 9.17) is 14.4 Å². The summed E-state index contributed by atoms with van der Waals surface area (Å²) in [6.45, 7) is 0. The van der Waals surface area contributed by atoms with Crippen LogP contribution < -0.4 is 4.90 Å². The van der Waals surface area contributed by atoms with Gasteiger partial charge in [0.2, 0.25) is 0 Å². The highest BCUT2D eigenvalue weighted by Crippen LogP contribution is 2.42. The molecule has 0 saturated heterocycles. The zero-order valence-electron chi connectivity index (χ0n) is 29.3. The quantitative estimate of drug-likeness (QED) is 0.167. The van der Waals surface area contributed by atoms with Crippen molar-refractivity contribution in [2.45, 2.75) is 0 Å². The molecular weight excluding hydrogens is 659 g/mol. The number of nitrogens with zero attached hydrogens (tertiary/aromatic N) is 3. The van der Waals surface area contributed by atoms with Gasteiger partial charge in [0.05, 0.1) is 11.2 Å². The summed E-state index contributed by atoms with van der Waals surface area (Å²) in [5.41, 5.74) is 13.3. The minimum atomic E-state index is 0.672. The van der Waals surface area contributed by atoms with Crippen LogP contribution in [0.3, 0.4) is 0 Å². The number of hydrogen-bond acceptors (Lipinski definition) is 4. The summed E-state index contributed by atoms with van der Waals surface area (Å²) < 4.78 is 6.62. The lowest BCUT2D eigenvalue weighted by Crippen LogP contribution is -2.09. The smallest absolute Gasteiger partial charge is 0.161 e. The highest BCUT2D eigenvalue weighted by atomic mass is 16.3. The highest BCUT2D eigenvalue weighted by Gasteiger charge is 2.19. The second kappa shape index (κ2) is 13.4. The van der Waals surface area contributed by atoms with E-state index in [0.717, 1.165) is 72.3 Å². The van der Waals surface area contributed by atoms with Gasteiger partial charge < -0.3 is 9.32 Å². The molecule has 0 aliphatic heterocycles. The molecule has 0 aliphatic carbocycles. The first kappa shape index (κ1) is 31.4. The number of hydrogen-bond donors (Lipinski definition) is 0. The summed E-state index contributed by atoms with van der Waals surface area (Å²) in [6, 6.07) is 69.7. The lowest BCUT2D eigenvalue weighted by Gasteiger charge is -2.25. The number of anilines is 3. The first-order chi connectivity index (χ1) is 26.8. The maximum absolute atomic E-state index is 6.62. The van der Waals surface area contributed by atoms with Crippen molar-refractivity contribution in [3.8, 4) is 44.9 Å². The number of furan rings is 1. The van der Waals surface area contributed by atoms with Crippen LogP contribution in [-0.4, -0.2) is 9.97 Å². The summed E-state index contributed by atoms with van der Waals surface area (Å²) in [7, 11) is 0. The fourth-order valence-corrected chi connectivity index (χ4v) is 7.47. The van der Waals surface area contributed by atoms with Gasteiger partial charge in [0, 0.05) is 50.4 Å². The second-order valence-corrected chi connectivity index (χ2v) is 13.4. The number of benzene rings is 8. The Morgan fingerprint density at radius 3 is 1.63 bits per heavy atom. The van der Waals surface area contributed by atoms with Crippen molar-refractivity contribution in [2.75, 3.05) is 4.90 Å². The van der Waals surface area contributed by atoms with E-state index in [1.54, 1.807) is 0 Å². The average Bonchev–Trinajstić information content (AvgIpc) is 3.63. The average molecular weight is 692 g/mol. The molecule has 10 rings (SSSR count). The van der Waals surface area contributed by atoms with E-state index in [-0.39, 0.29) is 0 Å². The predicted octanol–water partition coefficient (Wildman–Crippen LogP) is 13.7. The Labute approximate surface area is 313 Å². The summed E-state index contributed by atoms with van der Waals surface area (Å²) in [5, 5.41) is 3.04. The minimum Gasteiger partial charge on any atom is -0.456 e. The van der Waals surface area contributed by atoms with Gasteiger partial charge in [-0.1, -0.05) is 146 Å². The van der Waals surface area contributed by atoms with E-state index >= 15 is 0 Å². The van der Waals surface area contributed by atoms with Crippen molar-refractivity contribution >= 4 is 49.9 Å². The van der Waals surface area contributed by atoms with Crippen LogP contribution in [0.25, 0.3) is 77.7 Å². The summed E-state index contributed by atoms with van der Waals surface area (Å²) in [4.78, 5) is 12.5. The van der Waals surface area contributed by atoms with Gasteiger partial charge in [-0.25, -0.2) is 9.97 Å². The topological polar surface area (TPSA) is 42.2 Å². The Bertz CT molecular complexity index is 2900. The van der Waals surface area contributed by atoms with Crippen LogP contribution in [-0.2, 0) is 0 Å². The van der Waals surface area contributed by atoms with E-state index in [1.807, 2.05) is 54.6 Å². The van der Waals surface area contributed by atoms with Crippen LogP contribution in [0, 0.1) is 0 Å². The molecule has 0 unspecified atom stereocenters. The van der Waals surface area contributed by atoms with Gasteiger partial charge in [-0.05, 0) is 70.8 Å². The SMILES string of the molecule is c1ccc(-c2ccc(-c3ccc(N(c4ccccc4)c4ccc5c(c4)oc4cccc(-c6nc(-c7ccccc7)c7ccccc7n6)c45)cc3)cc2)cc1. The van der Waals surface area contributed by atoms with E-state index < -0.39 is 0 Å². The molecule has 0 fully saturated rings. The molecule has 0 atom stereocenters. The fraction of sp³-hybridized carbons (Fsp3) is 0. The molecule has 0 bridgehead atoms. The fourth-order valence-electron chi connectivity index (χ4n) is 7.47. The molecule has 2 aromatic heterocycles. The Morgan fingerprint density at radius 1 is 0.370 bits per heavy atom. The van der Waals surface area contributed by atoms with Crippen LogP contribution in [0.4, 0.5) is 17.1 Å². The van der Waals surface area contributed by atoms with Crippen molar-refractivity contribution in [3.63, 3.8) is 0 Å². The minimum absolute atomic E-state index is 0.672. The van der Waals surface area contributed by atoms with Gasteiger partial charge in [-0.15, -0.1) is 0 Å². The van der Waals surface area contributed by atoms with Gasteiger partial charge in [-0.3, -0.25) is 0 Å². The monoisotopic (exact) mass is 691 g/mol. The Morgan fingerprint density at radius 2 is 0.926 bits per heavy atom. The number of fused-ring (bicyclic) bond motifs is 4. The normalized spacial score (nSPS) is 11.3. The molecule has 0 radical (unpaired) electrons. The summed E-state index contributed by atoms with van der Waals surface area (Å²) in [6.07, 6.45) is 0. The van der Waals surface area contributed by atoms with Crippen LogP contribution in [0.1, 0.15) is 0 Å². The molecule has 54 heavy (non-hydrogen) atoms. The first-order valence-corrected chi connectivity index (χ1v) is 18.2. The zero-order chi connectivity index (χ0) is 35.8. The molecule has 4 nitrogen and oxygen atoms in total. The summed E-state index contributed by atoms with van der Waals surface area (Å²) >= 11 is 0. The van der Waals surface area contributed by atoms with Crippen LogP contribution in [0.5, 0.6) is 0 Å². The third kappa shape index (κ3) is 5.67. The second-order valence-electron chi connectivity index (χ2n) is 13.4. The van der Waals surface area contributed by atoms with Crippen LogP contribution >= 0.6 is 0 Å². The molecule has 0 saturated carbocycles. The molecule has 4 heteroatoms. The van der Waals surface area contributed by atoms with Gasteiger partial charge in [0.25, 0.3) is 0 Å². The molecule has 0 N–H and O–H groups in total. The number of para-hydroxylation sites is 2. The van der Waals surface area contributed by atoms with Crippen molar-refractivity contribution in [1.82, 2.24) is 9.97 Å². The van der Waals surface area contributed by atoms with Crippen molar-refractivity contribution in [1.29, 1.82) is 0 Å². The molecule has 254 valence electrons. The van der Waals surface area contributed by atoms with Crippen LogP contribution in [0.15, 0.2) is 205 Å². The molecular formula is C50H33N3O. The maximum atomic E-state index is 6.62. The maximum Gasteiger partial charge on any atom is 0.161 e. The Hall–Kier alpha value is -7.30. The lowest BCUT2D eigenvalue weighted by molar-refractivity contribution is 0.669. The molecule has 0 amide bonds. The van der Waals surface area contributed by atoms with E-state index in [1.165, 1.54) is 16.7 Å². The van der Waals surface area contributed by atoms with E-state index in [2.05, 4.69) is 150 Å². The third-order valence-corrected chi connectivity index (χ3v) is 10.1. The molecule has 2 heterocycles. The predicted molar refractivity (Wildman–Crippen MR) is 223 cm³/mol. The molecule has 10 aromatic rings. The Balaban J connectivity index is 1.05. The first-order valence-electron chi connectivity index (χ1n) is 18.2. The number of aromatic nitrogens is 2. The van der Waals surface area contributed by atoms with Crippen molar-refractivity contribution in [3.05, 3.63) is 200 Å². The van der Waals surface area contributed by atoms with E-state index in [0.29, 0.717) is 5.82 Å². The van der Waals surface area contributed by atoms with Gasteiger partial charge in [0.15, 0.2) is 5.82 Å². The Kier molecular flexibility index (Phi) is 7.77. The standard InChI is InChI=1S/C50H33N3O/c1-4-13-34(14-5-1)35-23-25-36(26-24-35)37-27-29-40(30-28-37)53(39-17-8-3-9-18-39)41-31-32-43-47(33-41)54-46-22-12-20-44(48(43)46)50-51-45-21-11-10-19-42(45)49(52-50)38-15-6-2-7-16-38/h1-33H. The van der Waals surface area contributed by atoms with Crippen LogP contribution in [0.2, 0.25) is 0 Å². The van der Waals surface area contributed by atoms with Gasteiger partial charge in [-0.2, -0.15) is 0 Å². The molecule has 8 aromatic carbocycles. The lowest BCUT2D eigenvalue weighted by atomic mass is 10.00. The van der Waals surface area contributed by atoms with Gasteiger partial charge >= 0.3 is 0 Å². The largest absolute Gasteiger partial charge is 0.456 e. The summed E-state index contributed by atoms with van der Waals surface area (Å²) in [5.74, 6) is 0.672.